The Balaban J connectivity index is 2.17. The minimum atomic E-state index is 0.454. The Bertz CT molecular complexity index is 419. The molecule has 1 aliphatic rings. The van der Waals surface area contributed by atoms with Crippen LogP contribution in [0, 0.1) is 0 Å². The van der Waals surface area contributed by atoms with Crippen LogP contribution in [-0.4, -0.2) is 50.9 Å². The van der Waals surface area contributed by atoms with Gasteiger partial charge in [-0.15, -0.1) is 11.8 Å². The molecule has 0 saturated heterocycles. The van der Waals surface area contributed by atoms with E-state index in [-0.39, 0.29) is 0 Å². The van der Waals surface area contributed by atoms with Crippen LogP contribution in [0.2, 0.25) is 0 Å². The highest BCUT2D eigenvalue weighted by molar-refractivity contribution is 9.10. The largest absolute Gasteiger partial charge is 0.487 e. The third-order valence-electron chi connectivity index (χ3n) is 2.41. The van der Waals surface area contributed by atoms with Crippen LogP contribution in [0.25, 0.3) is 0 Å². The Hall–Kier alpha value is -0.500. The average Bonchev–Trinajstić information content (AvgIpc) is 2.40. The molecule has 0 aliphatic carbocycles. The van der Waals surface area contributed by atoms with Crippen LogP contribution < -0.4 is 9.47 Å². The third kappa shape index (κ3) is 4.52. The van der Waals surface area contributed by atoms with Gasteiger partial charge >= 0.3 is 0 Å². The zero-order valence-corrected chi connectivity index (χ0v) is 13.1. The van der Waals surface area contributed by atoms with Crippen LogP contribution in [0.3, 0.4) is 0 Å². The molecule has 0 amide bonds. The fraction of sp³-hybridized carbons (Fsp3) is 0.583. The fourth-order valence-corrected chi connectivity index (χ4v) is 2.56. The van der Waals surface area contributed by atoms with Crippen molar-refractivity contribution in [3.63, 3.8) is 0 Å². The monoisotopic (exact) mass is 349 g/mol. The van der Waals surface area contributed by atoms with Crippen LogP contribution in [0.1, 0.15) is 0 Å². The van der Waals surface area contributed by atoms with Crippen molar-refractivity contribution in [1.29, 1.82) is 0 Å². The summed E-state index contributed by atoms with van der Waals surface area (Å²) >= 11 is 4.96. The fourth-order valence-electron chi connectivity index (χ4n) is 1.54. The number of rotatable bonds is 1. The van der Waals surface area contributed by atoms with Gasteiger partial charge in [0.25, 0.3) is 0 Å². The maximum Gasteiger partial charge on any atom is 0.194 e. The molecule has 2 rings (SSSR count). The van der Waals surface area contributed by atoms with Gasteiger partial charge < -0.3 is 18.9 Å². The van der Waals surface area contributed by atoms with E-state index in [0.717, 1.165) is 5.03 Å². The van der Waals surface area contributed by atoms with Gasteiger partial charge in [0.15, 0.2) is 16.1 Å². The molecule has 0 unspecified atom stereocenters. The molecular formula is C12H16BrNO4S. The maximum absolute atomic E-state index is 5.71. The summed E-state index contributed by atoms with van der Waals surface area (Å²) in [6.45, 7) is 3.11. The minimum Gasteiger partial charge on any atom is -0.487 e. The van der Waals surface area contributed by atoms with Gasteiger partial charge in [0, 0.05) is 6.07 Å². The molecule has 0 bridgehead atoms. The number of nitrogens with zero attached hydrogens (tertiary/aromatic N) is 1. The Morgan fingerprint density at radius 3 is 2.37 bits per heavy atom. The van der Waals surface area contributed by atoms with Crippen LogP contribution in [-0.2, 0) is 9.47 Å². The van der Waals surface area contributed by atoms with Gasteiger partial charge in [-0.05, 0) is 22.2 Å². The minimum absolute atomic E-state index is 0.454. The molecule has 1 aromatic rings. The summed E-state index contributed by atoms with van der Waals surface area (Å²) in [5.41, 5.74) is 0. The number of halogens is 1. The van der Waals surface area contributed by atoms with E-state index in [4.69, 9.17) is 18.9 Å². The van der Waals surface area contributed by atoms with Gasteiger partial charge in [-0.3, -0.25) is 0 Å². The molecule has 2 heterocycles. The molecule has 19 heavy (non-hydrogen) atoms. The summed E-state index contributed by atoms with van der Waals surface area (Å²) in [4.78, 5) is 4.38. The van der Waals surface area contributed by atoms with E-state index in [0.29, 0.717) is 55.7 Å². The van der Waals surface area contributed by atoms with Crippen molar-refractivity contribution >= 4 is 27.7 Å². The van der Waals surface area contributed by atoms with E-state index in [9.17, 15) is 0 Å². The number of pyridine rings is 1. The van der Waals surface area contributed by atoms with Gasteiger partial charge in [-0.1, -0.05) is 0 Å². The van der Waals surface area contributed by atoms with E-state index in [2.05, 4.69) is 20.9 Å². The van der Waals surface area contributed by atoms with Crippen molar-refractivity contribution in [2.75, 3.05) is 45.9 Å². The molecule has 0 spiro atoms. The van der Waals surface area contributed by atoms with Gasteiger partial charge in [0.1, 0.15) is 18.2 Å². The van der Waals surface area contributed by atoms with Gasteiger partial charge in [-0.25, -0.2) is 4.98 Å². The summed E-state index contributed by atoms with van der Waals surface area (Å²) < 4.78 is 22.8. The number of fused-ring (bicyclic) bond motifs is 1. The summed E-state index contributed by atoms with van der Waals surface area (Å²) in [6, 6.07) is 1.87. The first kappa shape index (κ1) is 14.9. The van der Waals surface area contributed by atoms with E-state index in [1.165, 1.54) is 0 Å². The molecular weight excluding hydrogens is 334 g/mol. The molecule has 1 aliphatic heterocycles. The molecule has 7 heteroatoms. The first-order valence-electron chi connectivity index (χ1n) is 5.97. The van der Waals surface area contributed by atoms with E-state index in [1.54, 1.807) is 11.8 Å². The molecule has 5 nitrogen and oxygen atoms in total. The molecule has 0 N–H and O–H groups in total. The molecule has 0 saturated carbocycles. The van der Waals surface area contributed by atoms with Crippen LogP contribution in [0.5, 0.6) is 11.5 Å². The number of hydrogen-bond acceptors (Lipinski definition) is 6. The molecule has 0 fully saturated rings. The predicted molar refractivity (Wildman–Crippen MR) is 76.3 cm³/mol. The van der Waals surface area contributed by atoms with E-state index in [1.807, 2.05) is 12.3 Å². The lowest BCUT2D eigenvalue weighted by molar-refractivity contribution is 0.0220. The quantitative estimate of drug-likeness (QED) is 0.573. The highest BCUT2D eigenvalue weighted by Gasteiger charge is 2.14. The average molecular weight is 350 g/mol. The number of ether oxygens (including phenoxy) is 4. The summed E-state index contributed by atoms with van der Waals surface area (Å²) in [6.07, 6.45) is 1.97. The van der Waals surface area contributed by atoms with Crippen LogP contribution in [0.4, 0.5) is 0 Å². The van der Waals surface area contributed by atoms with E-state index < -0.39 is 0 Å². The molecule has 0 radical (unpaired) electrons. The topological polar surface area (TPSA) is 49.8 Å². The SMILES string of the molecule is CSc1cc2c(c(Br)n1)OCCOCCOCCO2. The van der Waals surface area contributed by atoms with Gasteiger partial charge in [0.2, 0.25) is 0 Å². The van der Waals surface area contributed by atoms with Crippen molar-refractivity contribution in [3.05, 3.63) is 10.7 Å². The first-order chi connectivity index (χ1) is 9.31. The maximum atomic E-state index is 5.71. The Morgan fingerprint density at radius 1 is 1.05 bits per heavy atom. The lowest BCUT2D eigenvalue weighted by Gasteiger charge is -2.16. The van der Waals surface area contributed by atoms with Crippen molar-refractivity contribution in [3.8, 4) is 11.5 Å². The second-order valence-electron chi connectivity index (χ2n) is 3.70. The summed E-state index contributed by atoms with van der Waals surface area (Å²) in [5, 5.41) is 0.874. The third-order valence-corrected chi connectivity index (χ3v) is 3.58. The first-order valence-corrected chi connectivity index (χ1v) is 7.98. The highest BCUT2D eigenvalue weighted by atomic mass is 79.9. The van der Waals surface area contributed by atoms with Crippen LogP contribution >= 0.6 is 27.7 Å². The normalized spacial score (nSPS) is 17.4. The molecule has 0 atom stereocenters. The molecule has 1 aromatic heterocycles. The summed E-state index contributed by atoms with van der Waals surface area (Å²) in [5.74, 6) is 1.29. The highest BCUT2D eigenvalue weighted by Crippen LogP contribution is 2.36. The lowest BCUT2D eigenvalue weighted by atomic mass is 10.4. The van der Waals surface area contributed by atoms with Crippen molar-refractivity contribution in [2.45, 2.75) is 5.03 Å². The Morgan fingerprint density at radius 2 is 1.68 bits per heavy atom. The predicted octanol–water partition coefficient (Wildman–Crippen LogP) is 2.37. The number of aromatic nitrogens is 1. The number of thioether (sulfide) groups is 1. The van der Waals surface area contributed by atoms with E-state index >= 15 is 0 Å². The van der Waals surface area contributed by atoms with Crippen molar-refractivity contribution in [1.82, 2.24) is 4.98 Å². The Labute approximate surface area is 125 Å². The van der Waals surface area contributed by atoms with Crippen LogP contribution in [0.15, 0.2) is 15.7 Å². The second-order valence-corrected chi connectivity index (χ2v) is 5.28. The number of hydrogen-bond donors (Lipinski definition) is 0. The standard InChI is InChI=1S/C12H16BrNO4S/c1-19-10-8-9-11(12(13)14-10)18-7-5-16-3-2-15-4-6-17-9/h8H,2-7H2,1H3. The molecule has 106 valence electrons. The van der Waals surface area contributed by atoms with Crippen molar-refractivity contribution < 1.29 is 18.9 Å². The zero-order valence-electron chi connectivity index (χ0n) is 10.7. The van der Waals surface area contributed by atoms with Gasteiger partial charge in [0.05, 0.1) is 26.4 Å². The van der Waals surface area contributed by atoms with Crippen molar-refractivity contribution in [2.24, 2.45) is 0 Å². The summed E-state index contributed by atoms with van der Waals surface area (Å²) in [7, 11) is 0. The second kappa shape index (κ2) is 7.94. The lowest BCUT2D eigenvalue weighted by Crippen LogP contribution is -2.16. The molecule has 0 aromatic carbocycles. The Kier molecular flexibility index (Phi) is 6.22. The zero-order chi connectivity index (χ0) is 13.5. The van der Waals surface area contributed by atoms with Gasteiger partial charge in [-0.2, -0.15) is 0 Å². The smallest absolute Gasteiger partial charge is 0.194 e.